The summed E-state index contributed by atoms with van der Waals surface area (Å²) in [7, 11) is 1.26. The average molecular weight is 368 g/mol. The molecular formula is C15H16N2O5S2. The van der Waals surface area contributed by atoms with Gasteiger partial charge in [-0.25, -0.2) is 4.79 Å². The maximum absolute atomic E-state index is 12.2. The Bertz CT molecular complexity index is 686. The molecule has 1 aromatic heterocycles. The van der Waals surface area contributed by atoms with Gasteiger partial charge >= 0.3 is 5.97 Å². The predicted molar refractivity (Wildman–Crippen MR) is 92.4 cm³/mol. The number of carbonyl (C=O) groups excluding carboxylic acids is 2. The number of aliphatic carboxylic acids is 1. The summed E-state index contributed by atoms with van der Waals surface area (Å²) in [6.45, 7) is 3.65. The van der Waals surface area contributed by atoms with Gasteiger partial charge in [0.15, 0.2) is 11.7 Å². The molecule has 2 heterocycles. The lowest BCUT2D eigenvalue weighted by Gasteiger charge is -2.35. The minimum absolute atomic E-state index is 0.0935. The fourth-order valence-corrected chi connectivity index (χ4v) is 3.94. The van der Waals surface area contributed by atoms with Crippen molar-refractivity contribution in [1.82, 2.24) is 5.32 Å². The number of aldehydes is 1. The molecule has 1 amide bonds. The zero-order valence-electron chi connectivity index (χ0n) is 12.9. The lowest BCUT2D eigenvalue weighted by Crippen LogP contribution is -2.59. The van der Waals surface area contributed by atoms with E-state index in [9.17, 15) is 19.5 Å². The van der Waals surface area contributed by atoms with Gasteiger partial charge in [0.2, 0.25) is 11.6 Å². The van der Waals surface area contributed by atoms with Crippen LogP contribution in [0, 0.1) is 0 Å². The van der Waals surface area contributed by atoms with Crippen LogP contribution in [0.2, 0.25) is 0 Å². The van der Waals surface area contributed by atoms with Gasteiger partial charge in [0, 0.05) is 17.7 Å². The molecule has 128 valence electrons. The number of carbonyl (C=O) groups is 3. The van der Waals surface area contributed by atoms with Crippen molar-refractivity contribution in [1.29, 1.82) is 0 Å². The number of thioether (sulfide) groups is 1. The molecule has 0 saturated carbocycles. The first kappa shape index (κ1) is 18.4. The minimum Gasteiger partial charge on any atom is -0.477 e. The predicted octanol–water partition coefficient (Wildman–Crippen LogP) is 1.10. The van der Waals surface area contributed by atoms with Gasteiger partial charge in [-0.05, 0) is 17.0 Å². The molecule has 0 spiro atoms. The van der Waals surface area contributed by atoms with Crippen LogP contribution in [0.25, 0.3) is 0 Å². The molecule has 0 unspecified atom stereocenters. The number of nitrogens with one attached hydrogen (secondary N) is 1. The summed E-state index contributed by atoms with van der Waals surface area (Å²) >= 11 is 2.60. The summed E-state index contributed by atoms with van der Waals surface area (Å²) in [5.41, 5.74) is -1.60. The lowest BCUT2D eigenvalue weighted by atomic mass is 10.1. The summed E-state index contributed by atoms with van der Waals surface area (Å²) < 4.78 is 5.23. The molecule has 0 fully saturated rings. The average Bonchev–Trinajstić information content (AvgIpc) is 3.05. The molecule has 2 atom stereocenters. The van der Waals surface area contributed by atoms with E-state index in [4.69, 9.17) is 4.74 Å². The van der Waals surface area contributed by atoms with Gasteiger partial charge < -0.3 is 15.2 Å². The Balaban J connectivity index is 2.23. The second-order valence-electron chi connectivity index (χ2n) is 4.97. The highest BCUT2D eigenvalue weighted by molar-refractivity contribution is 8.00. The van der Waals surface area contributed by atoms with E-state index in [-0.39, 0.29) is 17.9 Å². The number of aliphatic imine (C=N–C) groups is 1. The number of carboxylic acid groups (broad SMARTS) is 1. The Hall–Kier alpha value is -1.97. The van der Waals surface area contributed by atoms with E-state index < -0.39 is 23.0 Å². The van der Waals surface area contributed by atoms with E-state index >= 15 is 0 Å². The highest BCUT2D eigenvalue weighted by atomic mass is 32.2. The number of hydrogen-bond donors (Lipinski definition) is 2. The molecule has 0 saturated heterocycles. The summed E-state index contributed by atoms with van der Waals surface area (Å²) in [4.78, 5) is 40.0. The van der Waals surface area contributed by atoms with Crippen LogP contribution in [-0.2, 0) is 25.5 Å². The van der Waals surface area contributed by atoms with Crippen LogP contribution in [0.1, 0.15) is 4.88 Å². The Morgan fingerprint density at radius 2 is 2.38 bits per heavy atom. The Morgan fingerprint density at radius 3 is 2.92 bits per heavy atom. The summed E-state index contributed by atoms with van der Waals surface area (Å²) in [6, 6.07) is 3.63. The highest BCUT2D eigenvalue weighted by Gasteiger charge is 2.44. The summed E-state index contributed by atoms with van der Waals surface area (Å²) in [5, 5.41) is 12.6. The van der Waals surface area contributed by atoms with Gasteiger partial charge in [-0.1, -0.05) is 12.6 Å². The summed E-state index contributed by atoms with van der Waals surface area (Å²) in [5.74, 6) is -1.37. The van der Waals surface area contributed by atoms with Crippen molar-refractivity contribution < 1.29 is 24.2 Å². The largest absolute Gasteiger partial charge is 0.477 e. The second kappa shape index (κ2) is 7.73. The van der Waals surface area contributed by atoms with Crippen molar-refractivity contribution in [2.24, 2.45) is 4.99 Å². The van der Waals surface area contributed by atoms with Gasteiger partial charge in [0.1, 0.15) is 5.71 Å². The maximum atomic E-state index is 12.2. The molecule has 0 aromatic carbocycles. The number of thiophene rings is 1. The third-order valence-corrected chi connectivity index (χ3v) is 5.49. The van der Waals surface area contributed by atoms with Crippen molar-refractivity contribution >= 4 is 47.0 Å². The van der Waals surface area contributed by atoms with Crippen LogP contribution >= 0.6 is 23.1 Å². The van der Waals surface area contributed by atoms with Crippen molar-refractivity contribution in [3.05, 3.63) is 34.5 Å². The van der Waals surface area contributed by atoms with Crippen molar-refractivity contribution in [3.63, 3.8) is 0 Å². The van der Waals surface area contributed by atoms with E-state index in [1.165, 1.54) is 30.2 Å². The Labute approximate surface area is 146 Å². The van der Waals surface area contributed by atoms with Crippen LogP contribution in [0.3, 0.4) is 0 Å². The van der Waals surface area contributed by atoms with E-state index in [1.807, 2.05) is 11.4 Å². The van der Waals surface area contributed by atoms with E-state index in [1.54, 1.807) is 6.07 Å². The molecule has 1 aliphatic heterocycles. The van der Waals surface area contributed by atoms with E-state index in [0.29, 0.717) is 11.9 Å². The molecule has 1 aromatic rings. The van der Waals surface area contributed by atoms with Gasteiger partial charge in [-0.15, -0.1) is 23.1 Å². The Morgan fingerprint density at radius 1 is 1.62 bits per heavy atom. The van der Waals surface area contributed by atoms with E-state index in [0.717, 1.165) is 4.88 Å². The summed E-state index contributed by atoms with van der Waals surface area (Å²) in [6.07, 6.45) is 0.532. The molecule has 0 aliphatic carbocycles. The van der Waals surface area contributed by atoms with Crippen LogP contribution in [0.15, 0.2) is 34.7 Å². The number of amides is 1. The van der Waals surface area contributed by atoms with Crippen LogP contribution in [0.4, 0.5) is 0 Å². The molecule has 7 nitrogen and oxygen atoms in total. The molecule has 24 heavy (non-hydrogen) atoms. The second-order valence-corrected chi connectivity index (χ2v) is 7.07. The maximum Gasteiger partial charge on any atom is 0.354 e. The lowest BCUT2D eigenvalue weighted by molar-refractivity contribution is -0.141. The Kier molecular flexibility index (Phi) is 5.92. The normalized spacial score (nSPS) is 20.0. The zero-order valence-corrected chi connectivity index (χ0v) is 14.5. The van der Waals surface area contributed by atoms with Gasteiger partial charge in [-0.2, -0.15) is 0 Å². The SMILES string of the molecule is C=C1CS[C@H]([C@@](C=O)(NC(=O)Cc2cccs2)OC)N=C1C(=O)O. The third-order valence-electron chi connectivity index (χ3n) is 3.33. The highest BCUT2D eigenvalue weighted by Crippen LogP contribution is 2.31. The number of hydrogen-bond acceptors (Lipinski definition) is 7. The van der Waals surface area contributed by atoms with Gasteiger partial charge in [-0.3, -0.25) is 14.6 Å². The van der Waals surface area contributed by atoms with Crippen LogP contribution in [-0.4, -0.2) is 52.9 Å². The molecule has 2 N–H and O–H groups in total. The van der Waals surface area contributed by atoms with E-state index in [2.05, 4.69) is 16.9 Å². The molecule has 2 rings (SSSR count). The number of methoxy groups -OCH3 is 1. The molecule has 1 aliphatic rings. The van der Waals surface area contributed by atoms with Crippen molar-refractivity contribution in [2.75, 3.05) is 12.9 Å². The fraction of sp³-hybridized carbons (Fsp3) is 0.333. The first-order valence-electron chi connectivity index (χ1n) is 6.87. The number of rotatable bonds is 7. The quantitative estimate of drug-likeness (QED) is 0.552. The number of ether oxygens (including phenoxy) is 1. The van der Waals surface area contributed by atoms with Crippen molar-refractivity contribution in [3.8, 4) is 0 Å². The first-order chi connectivity index (χ1) is 11.4. The van der Waals surface area contributed by atoms with Crippen LogP contribution in [0.5, 0.6) is 0 Å². The van der Waals surface area contributed by atoms with Crippen LogP contribution < -0.4 is 5.32 Å². The zero-order chi connectivity index (χ0) is 17.7. The first-order valence-corrected chi connectivity index (χ1v) is 8.80. The van der Waals surface area contributed by atoms with Gasteiger partial charge in [0.25, 0.3) is 0 Å². The number of carboxylic acids is 1. The standard InChI is InChI=1S/C15H16N2O5S2/c1-9-7-24-14(16-12(9)13(20)21)15(8-18,22-2)17-11(19)6-10-4-3-5-23-10/h3-5,8,14H,1,6-7H2,2H3,(H,17,19)(H,20,21)/t14-,15+/m1/s1. The molecule has 0 radical (unpaired) electrons. The molecule has 0 bridgehead atoms. The monoisotopic (exact) mass is 368 g/mol. The smallest absolute Gasteiger partial charge is 0.354 e. The fourth-order valence-electron chi connectivity index (χ4n) is 2.10. The topological polar surface area (TPSA) is 105 Å². The van der Waals surface area contributed by atoms with Crippen molar-refractivity contribution in [2.45, 2.75) is 17.5 Å². The third kappa shape index (κ3) is 3.92. The number of nitrogens with zero attached hydrogens (tertiary/aromatic N) is 1. The minimum atomic E-state index is -1.74. The molecular weight excluding hydrogens is 352 g/mol. The molecule has 9 heteroatoms. The van der Waals surface area contributed by atoms with Gasteiger partial charge in [0.05, 0.1) is 6.42 Å².